The molecule has 2 rings (SSSR count). The maximum atomic E-state index is 13.1. The first-order valence-electron chi connectivity index (χ1n) is 8.65. The fourth-order valence-corrected chi connectivity index (χ4v) is 2.54. The molecule has 27 heavy (non-hydrogen) atoms. The number of hydrogen-bond acceptors (Lipinski definition) is 6. The Morgan fingerprint density at radius 1 is 1.26 bits per heavy atom. The number of amides is 2. The van der Waals surface area contributed by atoms with Crippen LogP contribution < -0.4 is 14.8 Å². The van der Waals surface area contributed by atoms with E-state index < -0.39 is 0 Å². The fraction of sp³-hybridized carbons (Fsp3) is 0.421. The number of aryl methyl sites for hydroxylation is 1. The number of aromatic nitrogens is 1. The van der Waals surface area contributed by atoms with Crippen molar-refractivity contribution in [3.63, 3.8) is 0 Å². The molecule has 8 heteroatoms. The van der Waals surface area contributed by atoms with Crippen molar-refractivity contribution in [2.75, 3.05) is 26.1 Å². The summed E-state index contributed by atoms with van der Waals surface area (Å²) >= 11 is 0. The highest BCUT2D eigenvalue weighted by Gasteiger charge is 2.26. The number of methoxy groups -OCH3 is 2. The minimum Gasteiger partial charge on any atom is -0.497 e. The van der Waals surface area contributed by atoms with Crippen molar-refractivity contribution in [2.45, 2.75) is 33.2 Å². The van der Waals surface area contributed by atoms with Crippen molar-refractivity contribution < 1.29 is 23.6 Å². The van der Waals surface area contributed by atoms with Crippen molar-refractivity contribution in [3.05, 3.63) is 35.6 Å². The first-order chi connectivity index (χ1) is 12.9. The zero-order valence-corrected chi connectivity index (χ0v) is 16.2. The second-order valence-electron chi connectivity index (χ2n) is 6.13. The van der Waals surface area contributed by atoms with Crippen LogP contribution >= 0.6 is 0 Å². The lowest BCUT2D eigenvalue weighted by Gasteiger charge is -2.28. The van der Waals surface area contributed by atoms with Gasteiger partial charge in [0.25, 0.3) is 5.91 Å². The lowest BCUT2D eigenvalue weighted by Crippen LogP contribution is -2.43. The average Bonchev–Trinajstić information content (AvgIpc) is 3.08. The maximum absolute atomic E-state index is 13.1. The molecule has 2 aromatic rings. The van der Waals surface area contributed by atoms with Gasteiger partial charge in [0.15, 0.2) is 5.82 Å². The largest absolute Gasteiger partial charge is 0.497 e. The van der Waals surface area contributed by atoms with Crippen LogP contribution in [0.3, 0.4) is 0 Å². The van der Waals surface area contributed by atoms with E-state index in [1.54, 1.807) is 31.2 Å². The van der Waals surface area contributed by atoms with Crippen molar-refractivity contribution in [2.24, 2.45) is 0 Å². The maximum Gasteiger partial charge on any atom is 0.258 e. The van der Waals surface area contributed by atoms with Gasteiger partial charge >= 0.3 is 0 Å². The summed E-state index contributed by atoms with van der Waals surface area (Å²) in [6, 6.07) is 6.42. The lowest BCUT2D eigenvalue weighted by molar-refractivity contribution is -0.117. The smallest absolute Gasteiger partial charge is 0.258 e. The lowest BCUT2D eigenvalue weighted by atomic mass is 10.1. The van der Waals surface area contributed by atoms with Crippen LogP contribution in [0.1, 0.15) is 36.4 Å². The van der Waals surface area contributed by atoms with Crippen LogP contribution in [0.15, 0.2) is 28.8 Å². The predicted molar refractivity (Wildman–Crippen MR) is 100 cm³/mol. The van der Waals surface area contributed by atoms with Gasteiger partial charge in [0, 0.05) is 18.2 Å². The Labute approximate surface area is 158 Å². The molecule has 0 bridgehead atoms. The quantitative estimate of drug-likeness (QED) is 0.762. The molecule has 0 fully saturated rings. The molecular weight excluding hydrogens is 350 g/mol. The number of ether oxygens (including phenoxy) is 2. The Morgan fingerprint density at radius 2 is 2.00 bits per heavy atom. The number of nitrogens with zero attached hydrogens (tertiary/aromatic N) is 2. The molecule has 1 aromatic carbocycles. The van der Waals surface area contributed by atoms with Crippen molar-refractivity contribution in [1.82, 2.24) is 10.1 Å². The van der Waals surface area contributed by atoms with Gasteiger partial charge < -0.3 is 24.2 Å². The van der Waals surface area contributed by atoms with Crippen molar-refractivity contribution in [1.29, 1.82) is 0 Å². The standard InChI is InChI=1S/C19H25N3O5/c1-6-12(2)22(11-18(23)20-17-9-13(3)27-21-17)19(24)15-8-7-14(25-4)10-16(15)26-5/h7-10,12H,6,11H2,1-5H3,(H,20,21,23)/t12-/m1/s1. The zero-order valence-electron chi connectivity index (χ0n) is 16.2. The van der Waals surface area contributed by atoms with Crippen LogP contribution in [0.4, 0.5) is 5.82 Å². The molecule has 0 aliphatic carbocycles. The van der Waals surface area contributed by atoms with E-state index in [0.717, 1.165) is 0 Å². The third kappa shape index (κ3) is 4.99. The number of nitrogens with one attached hydrogen (secondary N) is 1. The molecule has 1 atom stereocenters. The minimum atomic E-state index is -0.357. The van der Waals surface area contributed by atoms with Gasteiger partial charge in [-0.3, -0.25) is 9.59 Å². The summed E-state index contributed by atoms with van der Waals surface area (Å²) in [4.78, 5) is 27.0. The summed E-state index contributed by atoms with van der Waals surface area (Å²) in [6.45, 7) is 5.46. The first-order valence-corrected chi connectivity index (χ1v) is 8.65. The van der Waals surface area contributed by atoms with Crippen molar-refractivity contribution >= 4 is 17.6 Å². The van der Waals surface area contributed by atoms with E-state index in [2.05, 4.69) is 10.5 Å². The molecule has 1 aromatic heterocycles. The zero-order chi connectivity index (χ0) is 20.0. The van der Waals surface area contributed by atoms with E-state index in [0.29, 0.717) is 35.1 Å². The number of rotatable bonds is 8. The van der Waals surface area contributed by atoms with Gasteiger partial charge in [0.05, 0.1) is 19.8 Å². The molecular formula is C19H25N3O5. The van der Waals surface area contributed by atoms with Gasteiger partial charge in [-0.05, 0) is 32.4 Å². The highest BCUT2D eigenvalue weighted by atomic mass is 16.5. The van der Waals surface area contributed by atoms with E-state index in [9.17, 15) is 9.59 Å². The van der Waals surface area contributed by atoms with Gasteiger partial charge in [-0.15, -0.1) is 0 Å². The molecule has 1 N–H and O–H groups in total. The van der Waals surface area contributed by atoms with E-state index >= 15 is 0 Å². The molecule has 0 radical (unpaired) electrons. The highest BCUT2D eigenvalue weighted by molar-refractivity contribution is 6.01. The summed E-state index contributed by atoms with van der Waals surface area (Å²) < 4.78 is 15.4. The summed E-state index contributed by atoms with van der Waals surface area (Å²) in [5.41, 5.74) is 0.365. The Balaban J connectivity index is 2.22. The topological polar surface area (TPSA) is 93.9 Å². The monoisotopic (exact) mass is 375 g/mol. The van der Waals surface area contributed by atoms with E-state index in [1.165, 1.54) is 19.1 Å². The molecule has 146 valence electrons. The number of benzene rings is 1. The van der Waals surface area contributed by atoms with Gasteiger partial charge in [0.1, 0.15) is 23.8 Å². The molecule has 0 unspecified atom stereocenters. The van der Waals surface area contributed by atoms with Gasteiger partial charge in [-0.2, -0.15) is 0 Å². The minimum absolute atomic E-state index is 0.116. The van der Waals surface area contributed by atoms with Gasteiger partial charge in [-0.25, -0.2) is 0 Å². The Morgan fingerprint density at radius 3 is 2.56 bits per heavy atom. The summed E-state index contributed by atoms with van der Waals surface area (Å²) in [5, 5.41) is 6.37. The number of carbonyl (C=O) groups is 2. The summed E-state index contributed by atoms with van der Waals surface area (Å²) in [6.07, 6.45) is 0.695. The molecule has 0 aliphatic heterocycles. The van der Waals surface area contributed by atoms with Gasteiger partial charge in [0.2, 0.25) is 5.91 Å². The van der Waals surface area contributed by atoms with E-state index in [-0.39, 0.29) is 24.4 Å². The summed E-state index contributed by atoms with van der Waals surface area (Å²) in [5.74, 6) is 1.22. The Hall–Kier alpha value is -3.03. The number of carbonyl (C=O) groups excluding carboxylic acids is 2. The normalized spacial score (nSPS) is 11.6. The second-order valence-corrected chi connectivity index (χ2v) is 6.13. The molecule has 8 nitrogen and oxygen atoms in total. The van der Waals surface area contributed by atoms with E-state index in [1.807, 2.05) is 13.8 Å². The summed E-state index contributed by atoms with van der Waals surface area (Å²) in [7, 11) is 3.02. The molecule has 0 aliphatic rings. The first kappa shape index (κ1) is 20.3. The van der Waals surface area contributed by atoms with E-state index in [4.69, 9.17) is 14.0 Å². The number of hydrogen-bond donors (Lipinski definition) is 1. The van der Waals surface area contributed by atoms with Crippen LogP contribution in [0, 0.1) is 6.92 Å². The Kier molecular flexibility index (Phi) is 6.81. The van der Waals surface area contributed by atoms with Crippen LogP contribution in [0.2, 0.25) is 0 Å². The second kappa shape index (κ2) is 9.07. The average molecular weight is 375 g/mol. The highest BCUT2D eigenvalue weighted by Crippen LogP contribution is 2.26. The van der Waals surface area contributed by atoms with Crippen LogP contribution in [-0.4, -0.2) is 48.7 Å². The molecule has 2 amide bonds. The van der Waals surface area contributed by atoms with Crippen molar-refractivity contribution in [3.8, 4) is 11.5 Å². The van der Waals surface area contributed by atoms with Crippen LogP contribution in [0.5, 0.6) is 11.5 Å². The SMILES string of the molecule is CC[C@@H](C)N(CC(=O)Nc1cc(C)on1)C(=O)c1ccc(OC)cc1OC. The molecule has 0 saturated heterocycles. The molecule has 0 saturated carbocycles. The van der Waals surface area contributed by atoms with Gasteiger partial charge in [-0.1, -0.05) is 12.1 Å². The third-order valence-electron chi connectivity index (χ3n) is 4.23. The molecule has 1 heterocycles. The fourth-order valence-electron chi connectivity index (χ4n) is 2.54. The molecule has 0 spiro atoms. The predicted octanol–water partition coefficient (Wildman–Crippen LogP) is 2.88. The number of anilines is 1. The Bertz CT molecular complexity index is 802. The van der Waals surface area contributed by atoms with Crippen LogP contribution in [-0.2, 0) is 4.79 Å². The van der Waals surface area contributed by atoms with Crippen LogP contribution in [0.25, 0.3) is 0 Å². The third-order valence-corrected chi connectivity index (χ3v) is 4.23.